The van der Waals surface area contributed by atoms with Crippen LogP contribution in [-0.4, -0.2) is 51.4 Å². The second kappa shape index (κ2) is 10.8. The first-order chi connectivity index (χ1) is 14.9. The number of fused-ring (bicyclic) bond motifs is 1. The molecule has 1 heterocycles. The van der Waals surface area contributed by atoms with E-state index in [0.29, 0.717) is 39.6 Å². The maximum absolute atomic E-state index is 9.98. The number of ether oxygens (including phenoxy) is 1. The molecule has 1 aromatic heterocycles. The number of nitrogens with zero attached hydrogens (tertiary/aromatic N) is 3. The Hall–Kier alpha value is -3.40. The number of halogens is 1. The third-order valence-electron chi connectivity index (χ3n) is 4.51. The molecule has 0 saturated carbocycles. The van der Waals surface area contributed by atoms with Gasteiger partial charge < -0.3 is 25.4 Å². The van der Waals surface area contributed by atoms with E-state index in [4.69, 9.17) is 22.9 Å². The molecule has 166 valence electrons. The van der Waals surface area contributed by atoms with Crippen LogP contribution < -0.4 is 10.1 Å². The predicted octanol–water partition coefficient (Wildman–Crippen LogP) is 3.16. The molecule has 3 aromatic rings. The number of hydrogen-bond donors (Lipinski definition) is 4. The van der Waals surface area contributed by atoms with Crippen molar-refractivity contribution in [3.63, 3.8) is 0 Å². The molecule has 32 heavy (non-hydrogen) atoms. The van der Waals surface area contributed by atoms with E-state index in [1.54, 1.807) is 37.4 Å². The van der Waals surface area contributed by atoms with Gasteiger partial charge in [0.25, 0.3) is 0 Å². The number of aliphatic hydroxyl groups excluding tert-OH is 2. The molecule has 0 radical (unpaired) electrons. The lowest BCUT2D eigenvalue weighted by atomic mass is 10.1. The Morgan fingerprint density at radius 1 is 1.16 bits per heavy atom. The fourth-order valence-corrected chi connectivity index (χ4v) is 3.03. The average molecular weight is 455 g/mol. The molecule has 2 aromatic carbocycles. The highest BCUT2D eigenvalue weighted by Gasteiger charge is 2.21. The highest BCUT2D eigenvalue weighted by Crippen LogP contribution is 2.29. The van der Waals surface area contributed by atoms with Crippen LogP contribution in [0.3, 0.4) is 0 Å². The van der Waals surface area contributed by atoms with Crippen molar-refractivity contribution in [2.45, 2.75) is 19.6 Å². The van der Waals surface area contributed by atoms with E-state index in [0.717, 1.165) is 5.56 Å². The third-order valence-corrected chi connectivity index (χ3v) is 4.80. The fraction of sp³-hybridized carbons (Fsp3) is 0.261. The van der Waals surface area contributed by atoms with Crippen LogP contribution >= 0.6 is 11.6 Å². The van der Waals surface area contributed by atoms with Crippen LogP contribution in [0.5, 0.6) is 5.75 Å². The van der Waals surface area contributed by atoms with E-state index in [1.807, 2.05) is 6.07 Å². The first-order valence-corrected chi connectivity index (χ1v) is 9.52. The Balaban J connectivity index is 0.00000363. The molecule has 4 N–H and O–H groups in total. The van der Waals surface area contributed by atoms with Gasteiger partial charge in [0.05, 0.1) is 31.9 Å². The van der Waals surface area contributed by atoms with Gasteiger partial charge in [-0.15, -0.1) is 10.2 Å². The van der Waals surface area contributed by atoms with E-state index in [-0.39, 0.29) is 13.1 Å². The lowest BCUT2D eigenvalue weighted by Crippen LogP contribution is -2.35. The summed E-state index contributed by atoms with van der Waals surface area (Å²) >= 11 is 6.18. The molecule has 9 heteroatoms. The Labute approximate surface area is 191 Å². The molecule has 0 aliphatic carbocycles. The Morgan fingerprint density at radius 2 is 1.91 bits per heavy atom. The molecule has 0 saturated heterocycles. The highest BCUT2D eigenvalue weighted by atomic mass is 35.5. The fourth-order valence-electron chi connectivity index (χ4n) is 2.75. The minimum atomic E-state index is -1.95. The van der Waals surface area contributed by atoms with Crippen LogP contribution in [0.25, 0.3) is 15.6 Å². The number of rotatable bonds is 6. The lowest BCUT2D eigenvalue weighted by Gasteiger charge is -2.15. The molecular weight excluding hydrogens is 432 g/mol. The SMILES string of the molecule is C.[C-]#[N+]c1ccc2c(C#CC(O)(CO)CO)nnc(NCc3ccc(OC)c(Cl)c3)c2c1. The Morgan fingerprint density at radius 3 is 2.53 bits per heavy atom. The zero-order chi connectivity index (χ0) is 22.4. The maximum atomic E-state index is 9.98. The van der Waals surface area contributed by atoms with Crippen molar-refractivity contribution < 1.29 is 20.1 Å². The number of anilines is 1. The topological polar surface area (TPSA) is 112 Å². The summed E-state index contributed by atoms with van der Waals surface area (Å²) in [4.78, 5) is 3.45. The summed E-state index contributed by atoms with van der Waals surface area (Å²) in [6.07, 6.45) is 0. The lowest BCUT2D eigenvalue weighted by molar-refractivity contribution is -0.00938. The van der Waals surface area contributed by atoms with Gasteiger partial charge in [-0.3, -0.25) is 0 Å². The molecule has 8 nitrogen and oxygen atoms in total. The normalized spacial score (nSPS) is 10.5. The van der Waals surface area contributed by atoms with Gasteiger partial charge in [-0.25, -0.2) is 4.85 Å². The Bertz CT molecular complexity index is 1210. The molecule has 0 amide bonds. The number of benzene rings is 2. The van der Waals surface area contributed by atoms with Gasteiger partial charge in [0.1, 0.15) is 11.4 Å². The number of hydrogen-bond acceptors (Lipinski definition) is 7. The van der Waals surface area contributed by atoms with E-state index in [1.165, 1.54) is 0 Å². The second-order valence-corrected chi connectivity index (χ2v) is 7.07. The van der Waals surface area contributed by atoms with Gasteiger partial charge in [-0.1, -0.05) is 43.1 Å². The molecule has 0 spiro atoms. The van der Waals surface area contributed by atoms with Crippen LogP contribution in [-0.2, 0) is 6.54 Å². The predicted molar refractivity (Wildman–Crippen MR) is 124 cm³/mol. The third kappa shape index (κ3) is 5.44. The van der Waals surface area contributed by atoms with Crippen molar-refractivity contribution in [3.05, 3.63) is 64.1 Å². The van der Waals surface area contributed by atoms with Crippen LogP contribution in [0, 0.1) is 18.4 Å². The quantitative estimate of drug-likeness (QED) is 0.334. The minimum absolute atomic E-state index is 0. The van der Waals surface area contributed by atoms with Crippen LogP contribution in [0.1, 0.15) is 18.7 Å². The van der Waals surface area contributed by atoms with Crippen LogP contribution in [0.2, 0.25) is 5.02 Å². The van der Waals surface area contributed by atoms with E-state index in [2.05, 4.69) is 32.2 Å². The van der Waals surface area contributed by atoms with Crippen molar-refractivity contribution in [2.24, 2.45) is 0 Å². The number of methoxy groups -OCH3 is 1. The van der Waals surface area contributed by atoms with Gasteiger partial charge >= 0.3 is 0 Å². The molecule has 0 aliphatic heterocycles. The van der Waals surface area contributed by atoms with Crippen molar-refractivity contribution in [2.75, 3.05) is 25.6 Å². The molecular formula is C23H23ClN4O4. The molecule has 0 aliphatic rings. The van der Waals surface area contributed by atoms with E-state index >= 15 is 0 Å². The molecule has 0 unspecified atom stereocenters. The van der Waals surface area contributed by atoms with Gasteiger partial charge in [-0.2, -0.15) is 0 Å². The summed E-state index contributed by atoms with van der Waals surface area (Å²) in [5, 5.41) is 41.6. The van der Waals surface area contributed by atoms with Crippen LogP contribution in [0.4, 0.5) is 11.5 Å². The summed E-state index contributed by atoms with van der Waals surface area (Å²) in [6, 6.07) is 10.4. The first kappa shape index (κ1) is 24.9. The highest BCUT2D eigenvalue weighted by molar-refractivity contribution is 6.32. The van der Waals surface area contributed by atoms with Crippen molar-refractivity contribution in [3.8, 4) is 17.6 Å². The van der Waals surface area contributed by atoms with Crippen molar-refractivity contribution >= 4 is 33.9 Å². The van der Waals surface area contributed by atoms with Crippen molar-refractivity contribution in [1.82, 2.24) is 10.2 Å². The summed E-state index contributed by atoms with van der Waals surface area (Å²) in [5.74, 6) is 6.10. The second-order valence-electron chi connectivity index (χ2n) is 6.66. The summed E-state index contributed by atoms with van der Waals surface area (Å²) in [6.45, 7) is 6.22. The monoisotopic (exact) mass is 454 g/mol. The molecule has 0 fully saturated rings. The number of nitrogens with one attached hydrogen (secondary N) is 1. The minimum Gasteiger partial charge on any atom is -0.495 e. The summed E-state index contributed by atoms with van der Waals surface area (Å²) < 4.78 is 5.16. The van der Waals surface area contributed by atoms with Crippen LogP contribution in [0.15, 0.2) is 36.4 Å². The zero-order valence-corrected chi connectivity index (χ0v) is 17.3. The van der Waals surface area contributed by atoms with Gasteiger partial charge in [0.15, 0.2) is 17.1 Å². The first-order valence-electron chi connectivity index (χ1n) is 9.14. The van der Waals surface area contributed by atoms with E-state index < -0.39 is 18.8 Å². The van der Waals surface area contributed by atoms with Gasteiger partial charge in [0, 0.05) is 17.3 Å². The zero-order valence-electron chi connectivity index (χ0n) is 16.6. The van der Waals surface area contributed by atoms with Gasteiger partial charge in [-0.05, 0) is 29.7 Å². The standard InChI is InChI=1S/C22H19ClN4O4.CH4/c1-24-15-4-5-16-17(10-15)21(25-11-14-3-6-20(31-2)18(23)9-14)27-26-19(16)7-8-22(30,12-28)13-29;/h3-6,9-10,28-30H,11-13H2,2H3,(H,25,27);1H4. The van der Waals surface area contributed by atoms with Crippen molar-refractivity contribution in [1.29, 1.82) is 0 Å². The maximum Gasteiger partial charge on any atom is 0.188 e. The molecule has 3 rings (SSSR count). The summed E-state index contributed by atoms with van der Waals surface area (Å²) in [5.41, 5.74) is -0.404. The number of aromatic nitrogens is 2. The molecule has 0 bridgehead atoms. The largest absolute Gasteiger partial charge is 0.495 e. The smallest absolute Gasteiger partial charge is 0.188 e. The summed E-state index contributed by atoms with van der Waals surface area (Å²) in [7, 11) is 1.54. The van der Waals surface area contributed by atoms with Gasteiger partial charge in [0.2, 0.25) is 0 Å². The number of aliphatic hydroxyl groups is 3. The Kier molecular flexibility index (Phi) is 8.36. The average Bonchev–Trinajstić information content (AvgIpc) is 2.81. The van der Waals surface area contributed by atoms with E-state index in [9.17, 15) is 15.3 Å². The molecule has 0 atom stereocenters.